The summed E-state index contributed by atoms with van der Waals surface area (Å²) in [6.07, 6.45) is 2.74. The van der Waals surface area contributed by atoms with Crippen molar-refractivity contribution in [2.75, 3.05) is 52.5 Å². The number of hydrogen-bond donors (Lipinski definition) is 1. The molecule has 2 aromatic rings. The lowest BCUT2D eigenvalue weighted by Crippen LogP contribution is -2.47. The summed E-state index contributed by atoms with van der Waals surface area (Å²) >= 11 is 0. The number of fused-ring (bicyclic) bond motifs is 1. The van der Waals surface area contributed by atoms with Gasteiger partial charge in [0, 0.05) is 50.3 Å². The van der Waals surface area contributed by atoms with E-state index in [4.69, 9.17) is 4.74 Å². The summed E-state index contributed by atoms with van der Waals surface area (Å²) in [6.45, 7) is 6.89. The highest BCUT2D eigenvalue weighted by Gasteiger charge is 2.29. The first kappa shape index (κ1) is 17.4. The van der Waals surface area contributed by atoms with Gasteiger partial charge in [-0.25, -0.2) is 0 Å². The van der Waals surface area contributed by atoms with Crippen LogP contribution >= 0.6 is 0 Å². The number of morpholine rings is 1. The van der Waals surface area contributed by atoms with Crippen LogP contribution in [0.1, 0.15) is 16.9 Å². The molecular weight excluding hydrogens is 328 g/mol. The number of carbonyl (C=O) groups is 1. The number of aromatic nitrogens is 1. The minimum absolute atomic E-state index is 0.0451. The molecule has 0 saturated carbocycles. The normalized spacial score (nSPS) is 21.2. The molecule has 1 N–H and O–H groups in total. The van der Waals surface area contributed by atoms with Gasteiger partial charge in [-0.1, -0.05) is 24.3 Å². The Labute approximate surface area is 154 Å². The molecule has 1 amide bonds. The van der Waals surface area contributed by atoms with Gasteiger partial charge in [-0.05, 0) is 24.4 Å². The van der Waals surface area contributed by atoms with Crippen molar-refractivity contribution >= 4 is 16.7 Å². The quantitative estimate of drug-likeness (QED) is 0.879. The number of amides is 1. The second kappa shape index (κ2) is 8.12. The number of hydrogen-bond acceptors (Lipinski definition) is 5. The van der Waals surface area contributed by atoms with Gasteiger partial charge < -0.3 is 15.0 Å². The molecule has 3 heterocycles. The third kappa shape index (κ3) is 3.72. The maximum atomic E-state index is 13.4. The summed E-state index contributed by atoms with van der Waals surface area (Å²) < 4.78 is 5.43. The Balaban J connectivity index is 1.56. The molecular formula is C20H26N4O2. The molecule has 4 rings (SSSR count). The van der Waals surface area contributed by atoms with Crippen molar-refractivity contribution in [3.05, 3.63) is 42.2 Å². The van der Waals surface area contributed by atoms with Crippen LogP contribution in [0.25, 0.3) is 10.8 Å². The molecule has 1 atom stereocenters. The number of benzene rings is 1. The third-order valence-corrected chi connectivity index (χ3v) is 5.37. The van der Waals surface area contributed by atoms with Gasteiger partial charge in [-0.2, -0.15) is 0 Å². The van der Waals surface area contributed by atoms with Gasteiger partial charge in [0.05, 0.1) is 13.2 Å². The summed E-state index contributed by atoms with van der Waals surface area (Å²) in [5.41, 5.74) is 0.567. The number of carbonyl (C=O) groups excluding carboxylic acids is 1. The Morgan fingerprint density at radius 2 is 2.12 bits per heavy atom. The van der Waals surface area contributed by atoms with Crippen molar-refractivity contribution in [2.45, 2.75) is 12.5 Å². The Morgan fingerprint density at radius 1 is 1.27 bits per heavy atom. The maximum Gasteiger partial charge on any atom is 0.273 e. The molecule has 2 aliphatic rings. The first-order chi connectivity index (χ1) is 12.8. The van der Waals surface area contributed by atoms with Crippen LogP contribution in [-0.2, 0) is 4.74 Å². The molecule has 138 valence electrons. The standard InChI is InChI=1S/C20H26N4O2/c25-20(19-18-4-2-1-3-16(18)5-8-22-19)24(17-6-7-21-15-17)10-9-23-11-13-26-14-12-23/h1-5,8,17,21H,6-7,9-15H2. The lowest BCUT2D eigenvalue weighted by Gasteiger charge is -2.33. The van der Waals surface area contributed by atoms with Crippen LogP contribution in [0.5, 0.6) is 0 Å². The molecule has 1 aromatic heterocycles. The summed E-state index contributed by atoms with van der Waals surface area (Å²) in [4.78, 5) is 22.3. The van der Waals surface area contributed by atoms with E-state index < -0.39 is 0 Å². The molecule has 6 nitrogen and oxygen atoms in total. The van der Waals surface area contributed by atoms with Crippen LogP contribution in [0.4, 0.5) is 0 Å². The Morgan fingerprint density at radius 3 is 2.92 bits per heavy atom. The second-order valence-electron chi connectivity index (χ2n) is 6.98. The first-order valence-electron chi connectivity index (χ1n) is 9.48. The Bertz CT molecular complexity index is 749. The van der Waals surface area contributed by atoms with Crippen molar-refractivity contribution in [1.82, 2.24) is 20.1 Å². The smallest absolute Gasteiger partial charge is 0.273 e. The van der Waals surface area contributed by atoms with E-state index >= 15 is 0 Å². The van der Waals surface area contributed by atoms with E-state index in [0.29, 0.717) is 5.69 Å². The lowest BCUT2D eigenvalue weighted by atomic mass is 10.1. The fourth-order valence-corrected chi connectivity index (χ4v) is 3.86. The second-order valence-corrected chi connectivity index (χ2v) is 6.98. The summed E-state index contributed by atoms with van der Waals surface area (Å²) in [5.74, 6) is 0.0451. The zero-order chi connectivity index (χ0) is 17.8. The van der Waals surface area contributed by atoms with Gasteiger partial charge in [0.1, 0.15) is 5.69 Å². The van der Waals surface area contributed by atoms with E-state index in [9.17, 15) is 4.79 Å². The van der Waals surface area contributed by atoms with Gasteiger partial charge >= 0.3 is 0 Å². The molecule has 0 bridgehead atoms. The lowest BCUT2D eigenvalue weighted by molar-refractivity contribution is 0.0301. The minimum atomic E-state index is 0.0451. The van der Waals surface area contributed by atoms with Crippen molar-refractivity contribution in [3.63, 3.8) is 0 Å². The molecule has 1 unspecified atom stereocenters. The average Bonchev–Trinajstić information content (AvgIpc) is 3.23. The van der Waals surface area contributed by atoms with E-state index in [2.05, 4.69) is 15.2 Å². The molecule has 1 aromatic carbocycles. The van der Waals surface area contributed by atoms with Gasteiger partial charge in [0.2, 0.25) is 0 Å². The number of ether oxygens (including phenoxy) is 1. The zero-order valence-corrected chi connectivity index (χ0v) is 15.1. The maximum absolute atomic E-state index is 13.4. The summed E-state index contributed by atoms with van der Waals surface area (Å²) in [5, 5.41) is 5.38. The van der Waals surface area contributed by atoms with E-state index in [-0.39, 0.29) is 11.9 Å². The van der Waals surface area contributed by atoms with Crippen molar-refractivity contribution < 1.29 is 9.53 Å². The number of pyridine rings is 1. The molecule has 0 radical (unpaired) electrons. The molecule has 2 aliphatic heterocycles. The molecule has 2 saturated heterocycles. The number of rotatable bonds is 5. The molecule has 0 aliphatic carbocycles. The van der Waals surface area contributed by atoms with E-state index in [1.54, 1.807) is 6.20 Å². The fraction of sp³-hybridized carbons (Fsp3) is 0.500. The Kier molecular flexibility index (Phi) is 5.43. The molecule has 0 spiro atoms. The van der Waals surface area contributed by atoms with E-state index in [0.717, 1.165) is 69.7 Å². The SMILES string of the molecule is O=C(c1nccc2ccccc12)N(CCN1CCOCC1)C1CCNC1. The topological polar surface area (TPSA) is 57.7 Å². The molecule has 26 heavy (non-hydrogen) atoms. The van der Waals surface area contributed by atoms with Crippen LogP contribution < -0.4 is 5.32 Å². The zero-order valence-electron chi connectivity index (χ0n) is 15.1. The number of nitrogens with zero attached hydrogens (tertiary/aromatic N) is 3. The van der Waals surface area contributed by atoms with Gasteiger partial charge in [0.15, 0.2) is 0 Å². The summed E-state index contributed by atoms with van der Waals surface area (Å²) in [6, 6.07) is 10.2. The van der Waals surface area contributed by atoms with Crippen molar-refractivity contribution in [2.24, 2.45) is 0 Å². The number of nitrogens with one attached hydrogen (secondary N) is 1. The van der Waals surface area contributed by atoms with Gasteiger partial charge in [-0.3, -0.25) is 14.7 Å². The van der Waals surface area contributed by atoms with Crippen LogP contribution in [-0.4, -0.2) is 79.2 Å². The minimum Gasteiger partial charge on any atom is -0.379 e. The highest BCUT2D eigenvalue weighted by Crippen LogP contribution is 2.20. The highest BCUT2D eigenvalue weighted by atomic mass is 16.5. The largest absolute Gasteiger partial charge is 0.379 e. The predicted molar refractivity (Wildman–Crippen MR) is 101 cm³/mol. The average molecular weight is 354 g/mol. The first-order valence-corrected chi connectivity index (χ1v) is 9.48. The monoisotopic (exact) mass is 354 g/mol. The van der Waals surface area contributed by atoms with Crippen molar-refractivity contribution in [1.29, 1.82) is 0 Å². The molecule has 2 fully saturated rings. The van der Waals surface area contributed by atoms with Crippen LogP contribution in [0.3, 0.4) is 0 Å². The van der Waals surface area contributed by atoms with Crippen LogP contribution in [0.15, 0.2) is 36.5 Å². The van der Waals surface area contributed by atoms with Gasteiger partial charge in [-0.15, -0.1) is 0 Å². The third-order valence-electron chi connectivity index (χ3n) is 5.37. The van der Waals surface area contributed by atoms with E-state index in [1.165, 1.54) is 0 Å². The molecule has 6 heteroatoms. The summed E-state index contributed by atoms with van der Waals surface area (Å²) in [7, 11) is 0. The highest BCUT2D eigenvalue weighted by molar-refractivity contribution is 6.05. The van der Waals surface area contributed by atoms with Crippen LogP contribution in [0.2, 0.25) is 0 Å². The van der Waals surface area contributed by atoms with E-state index in [1.807, 2.05) is 35.2 Å². The fourth-order valence-electron chi connectivity index (χ4n) is 3.86. The van der Waals surface area contributed by atoms with Crippen LogP contribution in [0, 0.1) is 0 Å². The van der Waals surface area contributed by atoms with Gasteiger partial charge in [0.25, 0.3) is 5.91 Å². The van der Waals surface area contributed by atoms with Crippen molar-refractivity contribution in [3.8, 4) is 0 Å². The Hall–Kier alpha value is -2.02. The predicted octanol–water partition coefficient (Wildman–Crippen LogP) is 1.37.